The van der Waals surface area contributed by atoms with E-state index >= 15 is 0 Å². The van der Waals surface area contributed by atoms with Crippen molar-refractivity contribution in [2.45, 2.75) is 13.3 Å². The molecule has 0 bridgehead atoms. The van der Waals surface area contributed by atoms with E-state index in [2.05, 4.69) is 0 Å². The SMILES string of the molecule is CCCN(CC(=O)O)C(=O)c1ccc(Cl)cc1OC. The number of carboxylic acid groups (broad SMARTS) is 1. The van der Waals surface area contributed by atoms with Gasteiger partial charge >= 0.3 is 5.97 Å². The van der Waals surface area contributed by atoms with Crippen LogP contribution in [0.1, 0.15) is 23.7 Å². The van der Waals surface area contributed by atoms with Crippen molar-refractivity contribution in [1.82, 2.24) is 4.90 Å². The fraction of sp³-hybridized carbons (Fsp3) is 0.385. The summed E-state index contributed by atoms with van der Waals surface area (Å²) in [7, 11) is 1.43. The van der Waals surface area contributed by atoms with E-state index in [1.165, 1.54) is 24.1 Å². The van der Waals surface area contributed by atoms with Gasteiger partial charge < -0.3 is 14.7 Å². The van der Waals surface area contributed by atoms with E-state index in [4.69, 9.17) is 21.4 Å². The van der Waals surface area contributed by atoms with Crippen LogP contribution in [0, 0.1) is 0 Å². The molecule has 1 rings (SSSR count). The van der Waals surface area contributed by atoms with E-state index in [1.54, 1.807) is 6.07 Å². The molecule has 0 fully saturated rings. The molecule has 0 aliphatic heterocycles. The lowest BCUT2D eigenvalue weighted by Gasteiger charge is -2.21. The number of hydrogen-bond acceptors (Lipinski definition) is 3. The summed E-state index contributed by atoms with van der Waals surface area (Å²) >= 11 is 5.83. The Kier molecular flexibility index (Phi) is 5.63. The third-order valence-electron chi connectivity index (χ3n) is 2.50. The largest absolute Gasteiger partial charge is 0.496 e. The molecule has 0 aliphatic rings. The maximum Gasteiger partial charge on any atom is 0.323 e. The van der Waals surface area contributed by atoms with Gasteiger partial charge in [0, 0.05) is 11.6 Å². The minimum absolute atomic E-state index is 0.307. The predicted octanol–water partition coefficient (Wildman–Crippen LogP) is 2.29. The maximum atomic E-state index is 12.3. The Hall–Kier alpha value is -1.75. The molecule has 1 aromatic rings. The lowest BCUT2D eigenvalue weighted by Crippen LogP contribution is -2.36. The van der Waals surface area contributed by atoms with Crippen LogP contribution in [-0.2, 0) is 4.79 Å². The number of halogens is 1. The first-order valence-corrected chi connectivity index (χ1v) is 6.22. The number of aliphatic carboxylic acids is 1. The van der Waals surface area contributed by atoms with E-state index in [-0.39, 0.29) is 12.5 Å². The molecular formula is C13H16ClNO4. The van der Waals surface area contributed by atoms with Gasteiger partial charge in [0.05, 0.1) is 12.7 Å². The zero-order valence-electron chi connectivity index (χ0n) is 10.9. The van der Waals surface area contributed by atoms with Crippen molar-refractivity contribution in [2.75, 3.05) is 20.2 Å². The first kappa shape index (κ1) is 15.3. The third-order valence-corrected chi connectivity index (χ3v) is 2.74. The van der Waals surface area contributed by atoms with E-state index in [0.717, 1.165) is 0 Å². The Morgan fingerprint density at radius 1 is 1.42 bits per heavy atom. The van der Waals surface area contributed by atoms with Crippen molar-refractivity contribution in [3.05, 3.63) is 28.8 Å². The smallest absolute Gasteiger partial charge is 0.323 e. The quantitative estimate of drug-likeness (QED) is 0.871. The second kappa shape index (κ2) is 6.99. The highest BCUT2D eigenvalue weighted by Crippen LogP contribution is 2.24. The maximum absolute atomic E-state index is 12.3. The van der Waals surface area contributed by atoms with Crippen LogP contribution < -0.4 is 4.74 Å². The van der Waals surface area contributed by atoms with E-state index in [9.17, 15) is 9.59 Å². The zero-order chi connectivity index (χ0) is 14.4. The van der Waals surface area contributed by atoms with Crippen LogP contribution in [0.2, 0.25) is 5.02 Å². The normalized spacial score (nSPS) is 10.1. The molecule has 0 spiro atoms. The van der Waals surface area contributed by atoms with Crippen molar-refractivity contribution in [2.24, 2.45) is 0 Å². The predicted molar refractivity (Wildman–Crippen MR) is 71.8 cm³/mol. The van der Waals surface area contributed by atoms with Crippen molar-refractivity contribution >= 4 is 23.5 Å². The molecule has 19 heavy (non-hydrogen) atoms. The second-order valence-electron chi connectivity index (χ2n) is 3.97. The molecule has 104 valence electrons. The monoisotopic (exact) mass is 285 g/mol. The van der Waals surface area contributed by atoms with Gasteiger partial charge in [0.15, 0.2) is 0 Å². The topological polar surface area (TPSA) is 66.8 Å². The number of benzene rings is 1. The minimum atomic E-state index is -1.05. The second-order valence-corrected chi connectivity index (χ2v) is 4.40. The summed E-state index contributed by atoms with van der Waals surface area (Å²) in [6, 6.07) is 4.63. The lowest BCUT2D eigenvalue weighted by molar-refractivity contribution is -0.137. The van der Waals surface area contributed by atoms with E-state index < -0.39 is 5.97 Å². The highest BCUT2D eigenvalue weighted by atomic mass is 35.5. The van der Waals surface area contributed by atoms with Gasteiger partial charge in [0.2, 0.25) is 0 Å². The van der Waals surface area contributed by atoms with Gasteiger partial charge in [0.25, 0.3) is 5.91 Å². The molecular weight excluding hydrogens is 270 g/mol. The fourth-order valence-electron chi connectivity index (χ4n) is 1.70. The van der Waals surface area contributed by atoms with Crippen molar-refractivity contribution in [3.8, 4) is 5.75 Å². The Morgan fingerprint density at radius 2 is 2.11 bits per heavy atom. The zero-order valence-corrected chi connectivity index (χ0v) is 11.6. The standard InChI is InChI=1S/C13H16ClNO4/c1-3-6-15(8-12(16)17)13(18)10-5-4-9(14)7-11(10)19-2/h4-5,7H,3,6,8H2,1-2H3,(H,16,17). The summed E-state index contributed by atoms with van der Waals surface area (Å²) in [4.78, 5) is 24.4. The number of methoxy groups -OCH3 is 1. The lowest BCUT2D eigenvalue weighted by atomic mass is 10.1. The summed E-state index contributed by atoms with van der Waals surface area (Å²) in [5.41, 5.74) is 0.307. The number of amides is 1. The first-order valence-electron chi connectivity index (χ1n) is 5.84. The first-order chi connectivity index (χ1) is 8.99. The molecule has 6 heteroatoms. The van der Waals surface area contributed by atoms with Gasteiger partial charge in [-0.2, -0.15) is 0 Å². The van der Waals surface area contributed by atoms with Crippen molar-refractivity contribution in [3.63, 3.8) is 0 Å². The summed E-state index contributed by atoms with van der Waals surface area (Å²) < 4.78 is 5.10. The number of carbonyl (C=O) groups is 2. The number of carbonyl (C=O) groups excluding carboxylic acids is 1. The van der Waals surface area contributed by atoms with E-state index in [0.29, 0.717) is 29.3 Å². The van der Waals surface area contributed by atoms with Gasteiger partial charge in [-0.1, -0.05) is 18.5 Å². The van der Waals surface area contributed by atoms with Crippen molar-refractivity contribution < 1.29 is 19.4 Å². The van der Waals surface area contributed by atoms with Crippen LogP contribution in [0.15, 0.2) is 18.2 Å². The van der Waals surface area contributed by atoms with Crippen LogP contribution in [0.25, 0.3) is 0 Å². The molecule has 5 nitrogen and oxygen atoms in total. The summed E-state index contributed by atoms with van der Waals surface area (Å²) in [5, 5.41) is 9.28. The van der Waals surface area contributed by atoms with E-state index in [1.807, 2.05) is 6.92 Å². The van der Waals surface area contributed by atoms with Gasteiger partial charge in [-0.3, -0.25) is 9.59 Å². The van der Waals surface area contributed by atoms with Crippen LogP contribution in [-0.4, -0.2) is 42.1 Å². The number of hydrogen-bond donors (Lipinski definition) is 1. The number of nitrogens with zero attached hydrogens (tertiary/aromatic N) is 1. The van der Waals surface area contributed by atoms with Crippen LogP contribution in [0.4, 0.5) is 0 Å². The van der Waals surface area contributed by atoms with Crippen LogP contribution in [0.5, 0.6) is 5.75 Å². The van der Waals surface area contributed by atoms with Gasteiger partial charge in [-0.15, -0.1) is 0 Å². The average molecular weight is 286 g/mol. The molecule has 1 aromatic carbocycles. The molecule has 0 atom stereocenters. The number of carboxylic acids is 1. The Balaban J connectivity index is 3.04. The molecule has 0 saturated heterocycles. The summed E-state index contributed by atoms with van der Waals surface area (Å²) in [5.74, 6) is -1.09. The number of ether oxygens (including phenoxy) is 1. The molecule has 1 amide bonds. The van der Waals surface area contributed by atoms with Crippen LogP contribution >= 0.6 is 11.6 Å². The summed E-state index contributed by atoms with van der Waals surface area (Å²) in [6.07, 6.45) is 0.676. The highest BCUT2D eigenvalue weighted by Gasteiger charge is 2.21. The average Bonchev–Trinajstić information content (AvgIpc) is 2.36. The van der Waals surface area contributed by atoms with Gasteiger partial charge in [-0.05, 0) is 24.6 Å². The fourth-order valence-corrected chi connectivity index (χ4v) is 1.86. The molecule has 0 heterocycles. The Bertz CT molecular complexity index is 476. The molecule has 1 N–H and O–H groups in total. The molecule has 0 radical (unpaired) electrons. The van der Waals surface area contributed by atoms with Gasteiger partial charge in [0.1, 0.15) is 12.3 Å². The highest BCUT2D eigenvalue weighted by molar-refractivity contribution is 6.30. The Labute approximate surface area is 116 Å². The third kappa shape index (κ3) is 4.13. The number of rotatable bonds is 6. The Morgan fingerprint density at radius 3 is 2.63 bits per heavy atom. The molecule has 0 saturated carbocycles. The summed E-state index contributed by atoms with van der Waals surface area (Å²) in [6.45, 7) is 1.91. The molecule has 0 unspecified atom stereocenters. The van der Waals surface area contributed by atoms with Gasteiger partial charge in [-0.25, -0.2) is 0 Å². The molecule has 0 aromatic heterocycles. The van der Waals surface area contributed by atoms with Crippen LogP contribution in [0.3, 0.4) is 0 Å². The minimum Gasteiger partial charge on any atom is -0.496 e. The van der Waals surface area contributed by atoms with Crippen molar-refractivity contribution in [1.29, 1.82) is 0 Å². The molecule has 0 aliphatic carbocycles.